The summed E-state index contributed by atoms with van der Waals surface area (Å²) in [4.78, 5) is 0. The van der Waals surface area contributed by atoms with Crippen LogP contribution in [0.25, 0.3) is 5.57 Å². The quantitative estimate of drug-likeness (QED) is 0.569. The van der Waals surface area contributed by atoms with E-state index in [4.69, 9.17) is 0 Å². The molecule has 0 nitrogen and oxygen atoms in total. The van der Waals surface area contributed by atoms with E-state index in [9.17, 15) is 0 Å². The van der Waals surface area contributed by atoms with Gasteiger partial charge in [-0.25, -0.2) is 0 Å². The van der Waals surface area contributed by atoms with Gasteiger partial charge in [0.15, 0.2) is 0 Å². The zero-order chi connectivity index (χ0) is 18.4. The zero-order valence-electron chi connectivity index (χ0n) is 16.8. The summed E-state index contributed by atoms with van der Waals surface area (Å²) >= 11 is 0. The third-order valence-electron chi connectivity index (χ3n) is 6.18. The van der Waals surface area contributed by atoms with Crippen molar-refractivity contribution in [3.8, 4) is 0 Å². The molecule has 0 spiro atoms. The number of fused-ring (bicyclic) bond motifs is 1. The maximum absolute atomic E-state index is 4.47. The minimum Gasteiger partial charge on any atom is -0.0905 e. The van der Waals surface area contributed by atoms with Crippen LogP contribution in [-0.4, -0.2) is 0 Å². The van der Waals surface area contributed by atoms with Crippen LogP contribution in [0.4, 0.5) is 0 Å². The van der Waals surface area contributed by atoms with Gasteiger partial charge in [-0.1, -0.05) is 83.2 Å². The average Bonchev–Trinajstić information content (AvgIpc) is 2.58. The summed E-state index contributed by atoms with van der Waals surface area (Å²) in [7, 11) is 0. The molecule has 0 aromatic heterocycles. The molecular weight excluding hydrogens is 300 g/mol. The zero-order valence-corrected chi connectivity index (χ0v) is 16.8. The Morgan fingerprint density at radius 3 is 1.96 bits per heavy atom. The lowest BCUT2D eigenvalue weighted by Gasteiger charge is -2.42. The summed E-state index contributed by atoms with van der Waals surface area (Å²) in [6.45, 7) is 18.4. The van der Waals surface area contributed by atoms with Gasteiger partial charge in [-0.2, -0.15) is 0 Å². The first-order valence-corrected chi connectivity index (χ1v) is 9.60. The topological polar surface area (TPSA) is 0 Å². The van der Waals surface area contributed by atoms with Gasteiger partial charge in [0.25, 0.3) is 0 Å². The van der Waals surface area contributed by atoms with Crippen molar-refractivity contribution in [1.82, 2.24) is 0 Å². The molecule has 0 fully saturated rings. The first-order chi connectivity index (χ1) is 11.7. The van der Waals surface area contributed by atoms with E-state index < -0.39 is 0 Å². The van der Waals surface area contributed by atoms with Crippen molar-refractivity contribution in [2.75, 3.05) is 0 Å². The molecule has 0 saturated heterocycles. The van der Waals surface area contributed by atoms with Crippen molar-refractivity contribution in [2.24, 2.45) is 0 Å². The molecule has 2 aromatic rings. The largest absolute Gasteiger partial charge is 0.0905 e. The molecule has 25 heavy (non-hydrogen) atoms. The highest BCUT2D eigenvalue weighted by Gasteiger charge is 2.37. The van der Waals surface area contributed by atoms with Crippen molar-refractivity contribution in [2.45, 2.75) is 71.6 Å². The van der Waals surface area contributed by atoms with Gasteiger partial charge >= 0.3 is 0 Å². The summed E-state index contributed by atoms with van der Waals surface area (Å²) in [5.41, 5.74) is 9.99. The molecule has 2 aromatic carbocycles. The minimum atomic E-state index is 0.236. The molecule has 0 heterocycles. The molecule has 3 rings (SSSR count). The molecule has 0 atom stereocenters. The predicted molar refractivity (Wildman–Crippen MR) is 110 cm³/mol. The lowest BCUT2D eigenvalue weighted by molar-refractivity contribution is 0.331. The second-order valence-corrected chi connectivity index (χ2v) is 9.02. The Hall–Kier alpha value is -1.82. The summed E-state index contributed by atoms with van der Waals surface area (Å²) in [5.74, 6) is 0. The van der Waals surface area contributed by atoms with Gasteiger partial charge in [-0.15, -0.1) is 0 Å². The molecule has 0 saturated carbocycles. The first-order valence-electron chi connectivity index (χ1n) is 9.60. The van der Waals surface area contributed by atoms with E-state index in [1.165, 1.54) is 40.7 Å². The summed E-state index contributed by atoms with van der Waals surface area (Å²) in [5, 5.41) is 0. The van der Waals surface area contributed by atoms with Crippen LogP contribution in [0.15, 0.2) is 43.0 Å². The summed E-state index contributed by atoms with van der Waals surface area (Å²) < 4.78 is 0. The van der Waals surface area contributed by atoms with E-state index >= 15 is 0 Å². The van der Waals surface area contributed by atoms with Gasteiger partial charge in [0.2, 0.25) is 0 Å². The highest BCUT2D eigenvalue weighted by molar-refractivity contribution is 5.81. The van der Waals surface area contributed by atoms with Crippen molar-refractivity contribution >= 4 is 5.57 Å². The Morgan fingerprint density at radius 1 is 0.920 bits per heavy atom. The van der Waals surface area contributed by atoms with Gasteiger partial charge < -0.3 is 0 Å². The second-order valence-electron chi connectivity index (χ2n) is 9.02. The maximum Gasteiger partial charge on any atom is -0.0100 e. The fourth-order valence-corrected chi connectivity index (χ4v) is 4.14. The van der Waals surface area contributed by atoms with Crippen LogP contribution in [0, 0.1) is 6.92 Å². The van der Waals surface area contributed by atoms with Crippen molar-refractivity contribution < 1.29 is 0 Å². The number of rotatable bonds is 3. The monoisotopic (exact) mass is 332 g/mol. The smallest absolute Gasteiger partial charge is 0.0100 e. The summed E-state index contributed by atoms with van der Waals surface area (Å²) in [6, 6.07) is 13.7. The number of hydrogen-bond donors (Lipinski definition) is 0. The van der Waals surface area contributed by atoms with Crippen LogP contribution in [0.1, 0.15) is 80.8 Å². The highest BCUT2D eigenvalue weighted by Crippen LogP contribution is 2.47. The number of benzene rings is 2. The molecule has 0 radical (unpaired) electrons. The standard InChI is InChI=1S/C25H32/c1-8-19-15-22-23(25(6,7)14-13-24(22,4)5)16-21(19)18(3)20-11-9-17(2)10-12-20/h9-12,15-16H,3,8,13-14H2,1-2,4-7H3. The molecule has 0 heteroatoms. The average molecular weight is 333 g/mol. The molecule has 1 aliphatic carbocycles. The third kappa shape index (κ3) is 3.19. The lowest BCUT2D eigenvalue weighted by Crippen LogP contribution is -2.34. The van der Waals surface area contributed by atoms with E-state index in [0.717, 1.165) is 12.0 Å². The van der Waals surface area contributed by atoms with E-state index in [1.54, 1.807) is 5.56 Å². The minimum absolute atomic E-state index is 0.236. The van der Waals surface area contributed by atoms with Crippen LogP contribution >= 0.6 is 0 Å². The molecule has 132 valence electrons. The number of hydrogen-bond acceptors (Lipinski definition) is 0. The molecule has 0 amide bonds. The fraction of sp³-hybridized carbons (Fsp3) is 0.440. The Bertz CT molecular complexity index is 801. The molecule has 0 aliphatic heterocycles. The predicted octanol–water partition coefficient (Wildman–Crippen LogP) is 6.97. The van der Waals surface area contributed by atoms with Crippen LogP contribution < -0.4 is 0 Å². The van der Waals surface area contributed by atoms with Gasteiger partial charge in [-0.05, 0) is 70.4 Å². The van der Waals surface area contributed by atoms with Crippen molar-refractivity contribution in [3.05, 3.63) is 76.4 Å². The number of aryl methyl sites for hydroxylation is 2. The van der Waals surface area contributed by atoms with Crippen molar-refractivity contribution in [1.29, 1.82) is 0 Å². The van der Waals surface area contributed by atoms with Gasteiger partial charge in [0, 0.05) is 0 Å². The van der Waals surface area contributed by atoms with Crippen LogP contribution in [0.2, 0.25) is 0 Å². The molecule has 0 N–H and O–H groups in total. The SMILES string of the molecule is C=C(c1ccc(C)cc1)c1cc2c(cc1CC)C(C)(C)CCC2(C)C. The van der Waals surface area contributed by atoms with Gasteiger partial charge in [0.05, 0.1) is 0 Å². The van der Waals surface area contributed by atoms with Crippen LogP contribution in [-0.2, 0) is 17.3 Å². The van der Waals surface area contributed by atoms with E-state index in [-0.39, 0.29) is 10.8 Å². The van der Waals surface area contributed by atoms with Crippen LogP contribution in [0.5, 0.6) is 0 Å². The van der Waals surface area contributed by atoms with Gasteiger partial charge in [-0.3, -0.25) is 0 Å². The third-order valence-corrected chi connectivity index (χ3v) is 6.18. The summed E-state index contributed by atoms with van der Waals surface area (Å²) in [6.07, 6.45) is 3.55. The molecular formula is C25H32. The maximum atomic E-state index is 4.47. The van der Waals surface area contributed by atoms with E-state index in [2.05, 4.69) is 84.5 Å². The lowest BCUT2D eigenvalue weighted by atomic mass is 9.62. The molecule has 1 aliphatic rings. The van der Waals surface area contributed by atoms with Crippen molar-refractivity contribution in [3.63, 3.8) is 0 Å². The molecule has 0 bridgehead atoms. The Morgan fingerprint density at radius 2 is 1.44 bits per heavy atom. The first kappa shape index (κ1) is 18.0. The second kappa shape index (κ2) is 6.16. The normalized spacial score (nSPS) is 17.8. The van der Waals surface area contributed by atoms with Crippen LogP contribution in [0.3, 0.4) is 0 Å². The van der Waals surface area contributed by atoms with E-state index in [0.29, 0.717) is 0 Å². The highest BCUT2D eigenvalue weighted by atomic mass is 14.4. The molecule has 0 unspecified atom stereocenters. The Labute approximate surface area is 154 Å². The fourth-order valence-electron chi connectivity index (χ4n) is 4.14. The Kier molecular flexibility index (Phi) is 4.43. The van der Waals surface area contributed by atoms with E-state index in [1.807, 2.05) is 0 Å². The Balaban J connectivity index is 2.18. The van der Waals surface area contributed by atoms with Gasteiger partial charge in [0.1, 0.15) is 0 Å².